The molecule has 118 valence electrons. The molecule has 3 unspecified atom stereocenters. The number of hydrogen-bond donors (Lipinski definition) is 1. The fourth-order valence-electron chi connectivity index (χ4n) is 3.18. The molecule has 0 radical (unpaired) electrons. The second kappa shape index (κ2) is 8.14. The first-order valence-corrected chi connectivity index (χ1v) is 8.28. The zero-order valence-electron chi connectivity index (χ0n) is 13.1. The van der Waals surface area contributed by atoms with Crippen LogP contribution in [-0.4, -0.2) is 37.7 Å². The van der Waals surface area contributed by atoms with Gasteiger partial charge in [-0.2, -0.15) is 0 Å². The molecule has 1 aliphatic rings. The summed E-state index contributed by atoms with van der Waals surface area (Å²) in [6, 6.07) is 8.44. The monoisotopic (exact) mass is 310 g/mol. The smallest absolute Gasteiger partial charge is 0.0506 e. The van der Waals surface area contributed by atoms with Crippen LogP contribution in [0.1, 0.15) is 37.8 Å². The lowest BCUT2D eigenvalue weighted by Gasteiger charge is -2.36. The minimum Gasteiger partial charge on any atom is -0.381 e. The van der Waals surface area contributed by atoms with E-state index in [2.05, 4.69) is 31.0 Å². The zero-order valence-corrected chi connectivity index (χ0v) is 13.9. The number of ether oxygens (including phenoxy) is 1. The molecule has 2 rings (SSSR count). The first-order valence-electron chi connectivity index (χ1n) is 7.90. The largest absolute Gasteiger partial charge is 0.381 e. The van der Waals surface area contributed by atoms with Crippen molar-refractivity contribution in [3.8, 4) is 0 Å². The van der Waals surface area contributed by atoms with Crippen molar-refractivity contribution < 1.29 is 4.74 Å². The van der Waals surface area contributed by atoms with E-state index in [0.717, 1.165) is 31.2 Å². The van der Waals surface area contributed by atoms with Gasteiger partial charge in [-0.15, -0.1) is 0 Å². The van der Waals surface area contributed by atoms with Crippen molar-refractivity contribution in [1.82, 2.24) is 4.90 Å². The molecule has 1 aromatic rings. The number of likely N-dealkylation sites (N-methyl/N-ethyl adjacent to an activating group) is 1. The van der Waals surface area contributed by atoms with Crippen LogP contribution in [0, 0.1) is 5.92 Å². The second-order valence-electron chi connectivity index (χ2n) is 6.09. The van der Waals surface area contributed by atoms with Gasteiger partial charge in [-0.05, 0) is 49.9 Å². The quantitative estimate of drug-likeness (QED) is 0.874. The Morgan fingerprint density at radius 3 is 2.67 bits per heavy atom. The molecule has 1 fully saturated rings. The fraction of sp³-hybridized carbons (Fsp3) is 0.647. The van der Waals surface area contributed by atoms with Crippen molar-refractivity contribution in [2.24, 2.45) is 11.7 Å². The topological polar surface area (TPSA) is 38.5 Å². The van der Waals surface area contributed by atoms with Crippen LogP contribution >= 0.6 is 11.6 Å². The molecular formula is C17H27ClN2O. The SMILES string of the molecule is CCC(N)C(c1ccc(Cl)cc1)N(C)CC1CCCOC1. The van der Waals surface area contributed by atoms with E-state index in [0.29, 0.717) is 5.92 Å². The van der Waals surface area contributed by atoms with Crippen LogP contribution in [0.5, 0.6) is 0 Å². The molecule has 0 saturated carbocycles. The van der Waals surface area contributed by atoms with Crippen LogP contribution in [0.25, 0.3) is 0 Å². The van der Waals surface area contributed by atoms with Crippen molar-refractivity contribution in [1.29, 1.82) is 0 Å². The standard InChI is InChI=1S/C17H27ClN2O/c1-3-16(19)17(14-6-8-15(18)9-7-14)20(2)11-13-5-4-10-21-12-13/h6-9,13,16-17H,3-5,10-12,19H2,1-2H3. The molecule has 3 nitrogen and oxygen atoms in total. The van der Waals surface area contributed by atoms with Gasteiger partial charge in [0, 0.05) is 30.3 Å². The molecule has 2 N–H and O–H groups in total. The highest BCUT2D eigenvalue weighted by Gasteiger charge is 2.26. The van der Waals surface area contributed by atoms with Crippen LogP contribution < -0.4 is 5.73 Å². The van der Waals surface area contributed by atoms with E-state index in [1.165, 1.54) is 18.4 Å². The number of nitrogens with two attached hydrogens (primary N) is 1. The summed E-state index contributed by atoms with van der Waals surface area (Å²) in [6.45, 7) is 4.96. The third-order valence-electron chi connectivity index (χ3n) is 4.36. The van der Waals surface area contributed by atoms with Crippen LogP contribution in [0.4, 0.5) is 0 Å². The molecule has 0 aliphatic carbocycles. The lowest BCUT2D eigenvalue weighted by Crippen LogP contribution is -2.42. The summed E-state index contributed by atoms with van der Waals surface area (Å²) >= 11 is 6.00. The predicted octanol–water partition coefficient (Wildman–Crippen LogP) is 3.48. The first kappa shape index (κ1) is 16.8. The van der Waals surface area contributed by atoms with Crippen molar-refractivity contribution in [2.45, 2.75) is 38.3 Å². The average Bonchev–Trinajstić information content (AvgIpc) is 2.50. The molecule has 0 aromatic heterocycles. The number of nitrogens with zero attached hydrogens (tertiary/aromatic N) is 1. The Hall–Kier alpha value is -0.610. The average molecular weight is 311 g/mol. The van der Waals surface area contributed by atoms with Crippen molar-refractivity contribution in [3.63, 3.8) is 0 Å². The van der Waals surface area contributed by atoms with Crippen molar-refractivity contribution in [3.05, 3.63) is 34.9 Å². The van der Waals surface area contributed by atoms with E-state index >= 15 is 0 Å². The third kappa shape index (κ3) is 4.68. The minimum atomic E-state index is 0.126. The van der Waals surface area contributed by atoms with Gasteiger partial charge in [0.1, 0.15) is 0 Å². The maximum Gasteiger partial charge on any atom is 0.0506 e. The zero-order chi connectivity index (χ0) is 15.2. The third-order valence-corrected chi connectivity index (χ3v) is 4.62. The molecule has 1 saturated heterocycles. The summed E-state index contributed by atoms with van der Waals surface area (Å²) in [7, 11) is 2.17. The van der Waals surface area contributed by atoms with Crippen LogP contribution in [-0.2, 0) is 4.74 Å². The normalized spacial score (nSPS) is 22.2. The lowest BCUT2D eigenvalue weighted by atomic mass is 9.94. The molecule has 0 bridgehead atoms. The number of benzene rings is 1. The summed E-state index contributed by atoms with van der Waals surface area (Å²) in [5.41, 5.74) is 7.63. The van der Waals surface area contributed by atoms with Crippen LogP contribution in [0.2, 0.25) is 5.02 Å². The Balaban J connectivity index is 2.09. The van der Waals surface area contributed by atoms with Crippen LogP contribution in [0.3, 0.4) is 0 Å². The van der Waals surface area contributed by atoms with Crippen molar-refractivity contribution >= 4 is 11.6 Å². The fourth-order valence-corrected chi connectivity index (χ4v) is 3.31. The number of rotatable bonds is 6. The highest BCUT2D eigenvalue weighted by molar-refractivity contribution is 6.30. The van der Waals surface area contributed by atoms with E-state index in [-0.39, 0.29) is 12.1 Å². The molecule has 1 aromatic carbocycles. The van der Waals surface area contributed by atoms with Gasteiger partial charge in [-0.25, -0.2) is 0 Å². The predicted molar refractivity (Wildman–Crippen MR) is 88.6 cm³/mol. The van der Waals surface area contributed by atoms with Gasteiger partial charge >= 0.3 is 0 Å². The summed E-state index contributed by atoms with van der Waals surface area (Å²) < 4.78 is 5.60. The summed E-state index contributed by atoms with van der Waals surface area (Å²) in [5, 5.41) is 0.769. The Bertz CT molecular complexity index is 417. The summed E-state index contributed by atoms with van der Waals surface area (Å²) in [5.74, 6) is 0.614. The van der Waals surface area contributed by atoms with E-state index in [1.807, 2.05) is 12.1 Å². The molecule has 4 heteroatoms. The lowest BCUT2D eigenvalue weighted by molar-refractivity contribution is 0.0338. The summed E-state index contributed by atoms with van der Waals surface area (Å²) in [6.07, 6.45) is 3.38. The van der Waals surface area contributed by atoms with Crippen molar-refractivity contribution in [2.75, 3.05) is 26.8 Å². The van der Waals surface area contributed by atoms with Gasteiger partial charge in [0.25, 0.3) is 0 Å². The molecule has 1 aliphatic heterocycles. The maximum atomic E-state index is 6.39. The first-order chi connectivity index (χ1) is 10.1. The number of hydrogen-bond acceptors (Lipinski definition) is 3. The molecule has 3 atom stereocenters. The van der Waals surface area contributed by atoms with Gasteiger partial charge < -0.3 is 10.5 Å². The molecule has 1 heterocycles. The van der Waals surface area contributed by atoms with E-state index < -0.39 is 0 Å². The van der Waals surface area contributed by atoms with Gasteiger partial charge in [-0.3, -0.25) is 4.90 Å². The highest BCUT2D eigenvalue weighted by Crippen LogP contribution is 2.27. The van der Waals surface area contributed by atoms with E-state index in [4.69, 9.17) is 22.1 Å². The Morgan fingerprint density at radius 2 is 2.10 bits per heavy atom. The Labute approximate surface area is 133 Å². The van der Waals surface area contributed by atoms with E-state index in [1.54, 1.807) is 0 Å². The molecule has 0 spiro atoms. The highest BCUT2D eigenvalue weighted by atomic mass is 35.5. The van der Waals surface area contributed by atoms with Gasteiger partial charge in [0.15, 0.2) is 0 Å². The van der Waals surface area contributed by atoms with Gasteiger partial charge in [0.05, 0.1) is 6.61 Å². The van der Waals surface area contributed by atoms with Gasteiger partial charge in [0.2, 0.25) is 0 Å². The van der Waals surface area contributed by atoms with Gasteiger partial charge in [-0.1, -0.05) is 30.7 Å². The number of halogens is 1. The second-order valence-corrected chi connectivity index (χ2v) is 6.53. The summed E-state index contributed by atoms with van der Waals surface area (Å²) in [4.78, 5) is 2.39. The maximum absolute atomic E-state index is 6.39. The molecule has 0 amide bonds. The van der Waals surface area contributed by atoms with E-state index in [9.17, 15) is 0 Å². The molecule has 21 heavy (non-hydrogen) atoms. The van der Waals surface area contributed by atoms with Crippen LogP contribution in [0.15, 0.2) is 24.3 Å². The Morgan fingerprint density at radius 1 is 1.38 bits per heavy atom. The minimum absolute atomic E-state index is 0.126. The Kier molecular flexibility index (Phi) is 6.49. The molecular weight excluding hydrogens is 284 g/mol.